The molecular weight excluding hydrogens is 600 g/mol. The summed E-state index contributed by atoms with van der Waals surface area (Å²) in [4.78, 5) is 52.1. The number of non-ortho nitro benzene ring substituents is 1. The second kappa shape index (κ2) is 12.9. The van der Waals surface area contributed by atoms with Gasteiger partial charge in [-0.3, -0.25) is 24.3 Å². The van der Waals surface area contributed by atoms with Gasteiger partial charge in [0, 0.05) is 17.8 Å². The molecule has 230 valence electrons. The summed E-state index contributed by atoms with van der Waals surface area (Å²) in [7, 11) is 3.06. The van der Waals surface area contributed by atoms with E-state index in [-0.39, 0.29) is 44.1 Å². The fraction of sp³-hybridized carbons (Fsp3) is 0.156. The number of ether oxygens (including phenoxy) is 3. The molecule has 0 spiro atoms. The van der Waals surface area contributed by atoms with E-state index in [2.05, 4.69) is 5.32 Å². The smallest absolute Gasteiger partial charge is 0.338 e. The van der Waals surface area contributed by atoms with Crippen LogP contribution in [-0.4, -0.2) is 42.2 Å². The lowest BCUT2D eigenvalue weighted by Crippen LogP contribution is -2.42. The third kappa shape index (κ3) is 6.06. The van der Waals surface area contributed by atoms with Crippen LogP contribution < -0.4 is 35.3 Å². The van der Waals surface area contributed by atoms with Gasteiger partial charge in [-0.05, 0) is 60.5 Å². The number of nitrogens with one attached hydrogen (secondary N) is 1. The first-order valence-electron chi connectivity index (χ1n) is 13.7. The predicted octanol–water partition coefficient (Wildman–Crippen LogP) is 2.94. The Labute approximate surface area is 260 Å². The number of anilines is 1. The number of hydrogen-bond donors (Lipinski definition) is 2. The zero-order valence-electron chi connectivity index (χ0n) is 24.4. The number of fused-ring (bicyclic) bond motifs is 1. The molecule has 5 rings (SSSR count). The highest BCUT2D eigenvalue weighted by Crippen LogP contribution is 2.38. The van der Waals surface area contributed by atoms with E-state index in [1.807, 2.05) is 0 Å². The minimum absolute atomic E-state index is 0.0250. The van der Waals surface area contributed by atoms with Gasteiger partial charge in [0.2, 0.25) is 0 Å². The number of methoxy groups -OCH3 is 2. The number of nitro groups is 1. The maximum absolute atomic E-state index is 14.2. The number of nitrogens with zero attached hydrogens (tertiary/aromatic N) is 2. The standard InChI is InChI=1S/C32H28N4O8S/c1-4-44-32(39)26-25(19-7-15-23(43-3)16-8-19)27(29(37)34-20-9-11-21(12-10-20)36(40)41)31-35(28(26)33)30(38)24(45-31)17-18-5-13-22(42-2)14-6-18/h5-17,25H,4,33H2,1-3H3,(H,34,37)/b24-17-. The number of aromatic nitrogens is 1. The van der Waals surface area contributed by atoms with Crippen LogP contribution >= 0.6 is 11.3 Å². The molecule has 2 heterocycles. The molecule has 13 heteroatoms. The molecule has 1 aliphatic heterocycles. The number of esters is 1. The van der Waals surface area contributed by atoms with Gasteiger partial charge in [0.25, 0.3) is 17.2 Å². The SMILES string of the molecule is CCOC(=O)C1=C(N)n2c(s/c(=C\c3ccc(OC)cc3)c2=O)=C(C(=O)Nc2ccc([N+](=O)[O-])cc2)C1c1ccc(OC)cc1. The summed E-state index contributed by atoms with van der Waals surface area (Å²) in [6.07, 6.45) is 1.66. The van der Waals surface area contributed by atoms with E-state index in [0.717, 1.165) is 15.9 Å². The largest absolute Gasteiger partial charge is 0.497 e. The molecule has 0 fully saturated rings. The van der Waals surface area contributed by atoms with Gasteiger partial charge in [-0.25, -0.2) is 4.79 Å². The Bertz CT molecular complexity index is 1990. The minimum atomic E-state index is -1.04. The highest BCUT2D eigenvalue weighted by molar-refractivity contribution is 7.07. The van der Waals surface area contributed by atoms with E-state index < -0.39 is 28.3 Å². The van der Waals surface area contributed by atoms with Crippen molar-refractivity contribution in [2.24, 2.45) is 5.73 Å². The highest BCUT2D eigenvalue weighted by Gasteiger charge is 2.39. The number of amides is 1. The molecular formula is C32H28N4O8S. The summed E-state index contributed by atoms with van der Waals surface area (Å²) in [6.45, 7) is 1.66. The van der Waals surface area contributed by atoms with E-state index >= 15 is 0 Å². The maximum atomic E-state index is 14.2. The number of rotatable bonds is 9. The highest BCUT2D eigenvalue weighted by atomic mass is 32.1. The van der Waals surface area contributed by atoms with Gasteiger partial charge >= 0.3 is 5.97 Å². The van der Waals surface area contributed by atoms with E-state index in [4.69, 9.17) is 19.9 Å². The van der Waals surface area contributed by atoms with Crippen LogP contribution in [0.25, 0.3) is 17.5 Å². The lowest BCUT2D eigenvalue weighted by Gasteiger charge is -2.27. The summed E-state index contributed by atoms with van der Waals surface area (Å²) >= 11 is 1.04. The number of nitro benzene ring substituents is 1. The third-order valence-electron chi connectivity index (χ3n) is 7.09. The molecule has 1 aliphatic rings. The molecule has 0 bridgehead atoms. The summed E-state index contributed by atoms with van der Waals surface area (Å²) in [5, 5.41) is 13.9. The number of hydrogen-bond acceptors (Lipinski definition) is 10. The van der Waals surface area contributed by atoms with Crippen LogP contribution in [0, 0.1) is 10.1 Å². The van der Waals surface area contributed by atoms with Gasteiger partial charge < -0.3 is 25.3 Å². The van der Waals surface area contributed by atoms with Crippen molar-refractivity contribution in [1.82, 2.24) is 4.57 Å². The molecule has 0 aliphatic carbocycles. The average molecular weight is 629 g/mol. The van der Waals surface area contributed by atoms with Gasteiger partial charge in [0.05, 0.1) is 47.3 Å². The molecule has 12 nitrogen and oxygen atoms in total. The molecule has 45 heavy (non-hydrogen) atoms. The molecule has 1 aromatic heterocycles. The van der Waals surface area contributed by atoms with Crippen LogP contribution in [0.4, 0.5) is 11.4 Å². The second-order valence-corrected chi connectivity index (χ2v) is 10.8. The van der Waals surface area contributed by atoms with Crippen molar-refractivity contribution in [3.8, 4) is 11.5 Å². The predicted molar refractivity (Wildman–Crippen MR) is 169 cm³/mol. The van der Waals surface area contributed by atoms with Gasteiger partial charge in [-0.15, -0.1) is 11.3 Å². The first kappa shape index (κ1) is 30.8. The molecule has 3 aromatic carbocycles. The van der Waals surface area contributed by atoms with Crippen LogP contribution in [0.15, 0.2) is 83.2 Å². The van der Waals surface area contributed by atoms with Crippen molar-refractivity contribution in [2.75, 3.05) is 26.1 Å². The average Bonchev–Trinajstić information content (AvgIpc) is 3.36. The fourth-order valence-corrected chi connectivity index (χ4v) is 6.10. The molecule has 0 radical (unpaired) electrons. The van der Waals surface area contributed by atoms with Gasteiger partial charge in [-0.1, -0.05) is 24.3 Å². The van der Waals surface area contributed by atoms with Crippen LogP contribution in [-0.2, 0) is 14.3 Å². The molecule has 4 aromatic rings. The van der Waals surface area contributed by atoms with E-state index in [9.17, 15) is 24.5 Å². The Morgan fingerprint density at radius 3 is 2.13 bits per heavy atom. The first-order valence-corrected chi connectivity index (χ1v) is 14.5. The Kier molecular flexibility index (Phi) is 8.81. The quantitative estimate of drug-likeness (QED) is 0.161. The van der Waals surface area contributed by atoms with E-state index in [1.165, 1.54) is 31.4 Å². The third-order valence-corrected chi connectivity index (χ3v) is 8.20. The molecule has 1 amide bonds. The Balaban J connectivity index is 1.78. The zero-order chi connectivity index (χ0) is 32.2. The van der Waals surface area contributed by atoms with Crippen LogP contribution in [0.1, 0.15) is 24.0 Å². The van der Waals surface area contributed by atoms with Crippen LogP contribution in [0.2, 0.25) is 0 Å². The number of benzene rings is 3. The van der Waals surface area contributed by atoms with Gasteiger partial charge in [0.15, 0.2) is 0 Å². The molecule has 0 saturated heterocycles. The summed E-state index contributed by atoms with van der Waals surface area (Å²) in [5.74, 6) is -1.45. The Morgan fingerprint density at radius 2 is 1.58 bits per heavy atom. The van der Waals surface area contributed by atoms with Crippen molar-refractivity contribution < 1.29 is 28.7 Å². The summed E-state index contributed by atoms with van der Waals surface area (Å²) < 4.78 is 17.5. The maximum Gasteiger partial charge on any atom is 0.338 e. The van der Waals surface area contributed by atoms with E-state index in [1.54, 1.807) is 68.6 Å². The van der Waals surface area contributed by atoms with Crippen LogP contribution in [0.5, 0.6) is 11.5 Å². The molecule has 0 saturated carbocycles. The lowest BCUT2D eigenvalue weighted by molar-refractivity contribution is -0.384. The summed E-state index contributed by atoms with van der Waals surface area (Å²) in [6, 6.07) is 19.1. The zero-order valence-corrected chi connectivity index (χ0v) is 25.3. The summed E-state index contributed by atoms with van der Waals surface area (Å²) in [5.41, 5.74) is 7.37. The fourth-order valence-electron chi connectivity index (χ4n) is 4.92. The number of carbonyl (C=O) groups excluding carboxylic acids is 2. The lowest BCUT2D eigenvalue weighted by atomic mass is 9.82. The molecule has 1 atom stereocenters. The second-order valence-electron chi connectivity index (χ2n) is 9.73. The van der Waals surface area contributed by atoms with Crippen molar-refractivity contribution in [1.29, 1.82) is 0 Å². The van der Waals surface area contributed by atoms with Crippen molar-refractivity contribution >= 4 is 52.1 Å². The number of nitrogens with two attached hydrogens (primary N) is 1. The normalized spacial score (nSPS) is 14.5. The van der Waals surface area contributed by atoms with Crippen molar-refractivity contribution in [3.63, 3.8) is 0 Å². The van der Waals surface area contributed by atoms with Gasteiger partial charge in [0.1, 0.15) is 22.0 Å². The monoisotopic (exact) mass is 628 g/mol. The van der Waals surface area contributed by atoms with Gasteiger partial charge in [-0.2, -0.15) is 0 Å². The van der Waals surface area contributed by atoms with Crippen molar-refractivity contribution in [3.05, 3.63) is 119 Å². The topological polar surface area (TPSA) is 165 Å². The minimum Gasteiger partial charge on any atom is -0.497 e. The molecule has 3 N–H and O–H groups in total. The van der Waals surface area contributed by atoms with Crippen molar-refractivity contribution in [2.45, 2.75) is 12.8 Å². The van der Waals surface area contributed by atoms with E-state index in [0.29, 0.717) is 22.6 Å². The first-order chi connectivity index (χ1) is 21.7. The number of thiazole rings is 1. The Hall–Kier alpha value is -5.69. The number of carbonyl (C=O) groups is 2. The molecule has 1 unspecified atom stereocenters. The Morgan fingerprint density at radius 1 is 0.978 bits per heavy atom. The van der Waals surface area contributed by atoms with Crippen LogP contribution in [0.3, 0.4) is 0 Å².